The summed E-state index contributed by atoms with van der Waals surface area (Å²) < 4.78 is 0. The number of quaternary nitrogens is 1. The highest BCUT2D eigenvalue weighted by Crippen LogP contribution is 2.03. The van der Waals surface area contributed by atoms with E-state index in [0.29, 0.717) is 0 Å². The van der Waals surface area contributed by atoms with Crippen LogP contribution in [0.4, 0.5) is 0 Å². The molecule has 0 aliphatic heterocycles. The minimum absolute atomic E-state index is 0. The Morgan fingerprint density at radius 1 is 1.26 bits per heavy atom. The average molecular weight is 285 g/mol. The van der Waals surface area contributed by atoms with Gasteiger partial charge in [0.2, 0.25) is 0 Å². The maximum absolute atomic E-state index is 11.9. The number of carbonyl (C=O) groups is 1. The van der Waals surface area contributed by atoms with Crippen LogP contribution < -0.4 is 22.6 Å². The van der Waals surface area contributed by atoms with Gasteiger partial charge in [-0.1, -0.05) is 17.7 Å². The Labute approximate surface area is 122 Å². The summed E-state index contributed by atoms with van der Waals surface area (Å²) in [5.41, 5.74) is 1.88. The first-order chi connectivity index (χ1) is 8.67. The van der Waals surface area contributed by atoms with Crippen molar-refractivity contribution in [3.8, 4) is 0 Å². The van der Waals surface area contributed by atoms with Gasteiger partial charge in [-0.25, -0.2) is 0 Å². The lowest BCUT2D eigenvalue weighted by Gasteiger charge is -2.15. The lowest BCUT2D eigenvalue weighted by Crippen LogP contribution is -3.11. The summed E-state index contributed by atoms with van der Waals surface area (Å²) in [5.74, 6) is 0.0354. The maximum Gasteiger partial charge on any atom is 0.251 e. The molecule has 0 heterocycles. The number of aryl methyl sites for hydroxylation is 1. The molecule has 0 saturated heterocycles. The van der Waals surface area contributed by atoms with Crippen LogP contribution in [0.25, 0.3) is 0 Å². The van der Waals surface area contributed by atoms with Crippen molar-refractivity contribution in [2.75, 3.05) is 26.2 Å². The SMILES string of the molecule is CC[NH+](CC)CCCNC(=O)c1cccc(C)c1.[Cl-]. The molecular formula is C15H25ClN2O. The van der Waals surface area contributed by atoms with Gasteiger partial charge in [-0.15, -0.1) is 0 Å². The summed E-state index contributed by atoms with van der Waals surface area (Å²) >= 11 is 0. The molecule has 3 nitrogen and oxygen atoms in total. The van der Waals surface area contributed by atoms with Gasteiger partial charge >= 0.3 is 0 Å². The van der Waals surface area contributed by atoms with Crippen LogP contribution >= 0.6 is 0 Å². The fraction of sp³-hybridized carbons (Fsp3) is 0.533. The molecule has 0 saturated carbocycles. The second-order valence-corrected chi connectivity index (χ2v) is 4.69. The third-order valence-electron chi connectivity index (χ3n) is 3.27. The van der Waals surface area contributed by atoms with E-state index in [1.54, 1.807) is 4.90 Å². The number of rotatable bonds is 7. The lowest BCUT2D eigenvalue weighted by molar-refractivity contribution is -0.896. The summed E-state index contributed by atoms with van der Waals surface area (Å²) in [6.07, 6.45) is 1.04. The second kappa shape index (κ2) is 9.82. The van der Waals surface area contributed by atoms with Gasteiger partial charge in [0.1, 0.15) is 0 Å². The van der Waals surface area contributed by atoms with E-state index in [2.05, 4.69) is 19.2 Å². The average Bonchev–Trinajstić information content (AvgIpc) is 2.38. The highest BCUT2D eigenvalue weighted by Gasteiger charge is 2.06. The van der Waals surface area contributed by atoms with E-state index in [4.69, 9.17) is 0 Å². The standard InChI is InChI=1S/C15H24N2O.ClH/c1-4-17(5-2)11-7-10-16-15(18)14-9-6-8-13(3)12-14;/h6,8-9,12H,4-5,7,10-11H2,1-3H3,(H,16,18);1H. The lowest BCUT2D eigenvalue weighted by atomic mass is 10.1. The van der Waals surface area contributed by atoms with Gasteiger partial charge in [-0.2, -0.15) is 0 Å². The van der Waals surface area contributed by atoms with E-state index in [-0.39, 0.29) is 18.3 Å². The van der Waals surface area contributed by atoms with Gasteiger partial charge in [-0.3, -0.25) is 4.79 Å². The molecule has 1 amide bonds. The molecule has 1 aromatic carbocycles. The Balaban J connectivity index is 0.00000324. The summed E-state index contributed by atoms with van der Waals surface area (Å²) in [5, 5.41) is 2.98. The van der Waals surface area contributed by atoms with Crippen molar-refractivity contribution in [3.05, 3.63) is 35.4 Å². The minimum atomic E-state index is 0. The Kier molecular flexibility index (Phi) is 9.27. The zero-order chi connectivity index (χ0) is 13.4. The van der Waals surface area contributed by atoms with E-state index in [9.17, 15) is 4.79 Å². The molecule has 108 valence electrons. The first-order valence-corrected chi connectivity index (χ1v) is 6.85. The van der Waals surface area contributed by atoms with E-state index >= 15 is 0 Å². The third kappa shape index (κ3) is 6.60. The van der Waals surface area contributed by atoms with Crippen molar-refractivity contribution >= 4 is 5.91 Å². The quantitative estimate of drug-likeness (QED) is 0.561. The van der Waals surface area contributed by atoms with Crippen LogP contribution in [0.3, 0.4) is 0 Å². The van der Waals surface area contributed by atoms with Crippen molar-refractivity contribution in [1.29, 1.82) is 0 Å². The van der Waals surface area contributed by atoms with Crippen LogP contribution in [0.5, 0.6) is 0 Å². The molecule has 0 aliphatic rings. The molecule has 4 heteroatoms. The van der Waals surface area contributed by atoms with Gasteiger partial charge in [0.15, 0.2) is 0 Å². The number of carbonyl (C=O) groups excluding carboxylic acids is 1. The molecular weight excluding hydrogens is 260 g/mol. The molecule has 2 N–H and O–H groups in total. The topological polar surface area (TPSA) is 33.5 Å². The van der Waals surface area contributed by atoms with Gasteiger partial charge in [-0.05, 0) is 32.9 Å². The number of benzene rings is 1. The second-order valence-electron chi connectivity index (χ2n) is 4.69. The Morgan fingerprint density at radius 3 is 2.53 bits per heavy atom. The smallest absolute Gasteiger partial charge is 0.251 e. The normalized spacial score (nSPS) is 10.1. The summed E-state index contributed by atoms with van der Waals surface area (Å²) in [4.78, 5) is 13.4. The number of nitrogens with one attached hydrogen (secondary N) is 2. The highest BCUT2D eigenvalue weighted by molar-refractivity contribution is 5.94. The molecule has 0 fully saturated rings. The minimum Gasteiger partial charge on any atom is -1.00 e. The van der Waals surface area contributed by atoms with Crippen molar-refractivity contribution in [1.82, 2.24) is 5.32 Å². The zero-order valence-electron chi connectivity index (χ0n) is 12.1. The monoisotopic (exact) mass is 284 g/mol. The van der Waals surface area contributed by atoms with E-state index < -0.39 is 0 Å². The largest absolute Gasteiger partial charge is 1.00 e. The van der Waals surface area contributed by atoms with E-state index in [0.717, 1.165) is 43.7 Å². The fourth-order valence-corrected chi connectivity index (χ4v) is 2.03. The molecule has 1 aromatic rings. The van der Waals surface area contributed by atoms with Crippen molar-refractivity contribution in [3.63, 3.8) is 0 Å². The third-order valence-corrected chi connectivity index (χ3v) is 3.27. The van der Waals surface area contributed by atoms with Crippen LogP contribution in [0.2, 0.25) is 0 Å². The number of hydrogen-bond donors (Lipinski definition) is 2. The highest BCUT2D eigenvalue weighted by atomic mass is 35.5. The zero-order valence-corrected chi connectivity index (χ0v) is 12.9. The Morgan fingerprint density at radius 2 is 1.95 bits per heavy atom. The van der Waals surface area contributed by atoms with Gasteiger partial charge in [0, 0.05) is 18.5 Å². The van der Waals surface area contributed by atoms with Crippen molar-refractivity contribution in [2.45, 2.75) is 27.2 Å². The van der Waals surface area contributed by atoms with Crippen LogP contribution in [0.15, 0.2) is 24.3 Å². The molecule has 0 spiro atoms. The summed E-state index contributed by atoms with van der Waals surface area (Å²) in [6, 6.07) is 7.70. The van der Waals surface area contributed by atoms with Crippen LogP contribution in [0, 0.1) is 6.92 Å². The van der Waals surface area contributed by atoms with Gasteiger partial charge < -0.3 is 22.6 Å². The number of hydrogen-bond acceptors (Lipinski definition) is 1. The molecule has 1 rings (SSSR count). The number of halogens is 1. The van der Waals surface area contributed by atoms with E-state index in [1.165, 1.54) is 0 Å². The van der Waals surface area contributed by atoms with Crippen LogP contribution in [0.1, 0.15) is 36.2 Å². The summed E-state index contributed by atoms with van der Waals surface area (Å²) in [6.45, 7) is 10.6. The molecule has 0 unspecified atom stereocenters. The van der Waals surface area contributed by atoms with Crippen LogP contribution in [-0.2, 0) is 0 Å². The maximum atomic E-state index is 11.9. The molecule has 0 atom stereocenters. The van der Waals surface area contributed by atoms with E-state index in [1.807, 2.05) is 31.2 Å². The molecule has 0 bridgehead atoms. The van der Waals surface area contributed by atoms with Crippen molar-refractivity contribution in [2.24, 2.45) is 0 Å². The Bertz CT molecular complexity index is 378. The number of amides is 1. The molecule has 0 radical (unpaired) electrons. The fourth-order valence-electron chi connectivity index (χ4n) is 2.03. The predicted octanol–water partition coefficient (Wildman–Crippen LogP) is -1.96. The Hall–Kier alpha value is -1.06. The van der Waals surface area contributed by atoms with Gasteiger partial charge in [0.05, 0.1) is 19.6 Å². The molecule has 19 heavy (non-hydrogen) atoms. The van der Waals surface area contributed by atoms with Gasteiger partial charge in [0.25, 0.3) is 5.91 Å². The first-order valence-electron chi connectivity index (χ1n) is 6.85. The molecule has 0 aromatic heterocycles. The van der Waals surface area contributed by atoms with Crippen LogP contribution in [-0.4, -0.2) is 32.1 Å². The first kappa shape index (κ1) is 17.9. The molecule has 0 aliphatic carbocycles. The van der Waals surface area contributed by atoms with Crippen molar-refractivity contribution < 1.29 is 22.1 Å². The summed E-state index contributed by atoms with van der Waals surface area (Å²) in [7, 11) is 0. The predicted molar refractivity (Wildman–Crippen MR) is 75.0 cm³/mol.